The van der Waals surface area contributed by atoms with Gasteiger partial charge in [-0.25, -0.2) is 9.18 Å². The molecule has 0 saturated carbocycles. The van der Waals surface area contributed by atoms with Crippen molar-refractivity contribution >= 4 is 35.7 Å². The fraction of sp³-hybridized carbons (Fsp3) is 0.388. The number of esters is 2. The summed E-state index contributed by atoms with van der Waals surface area (Å²) < 4.78 is 50.4. The molecular weight excluding hydrogens is 872 g/mol. The van der Waals surface area contributed by atoms with E-state index in [4.69, 9.17) is 28.4 Å². The normalized spacial score (nSPS) is 26.2. The number of halogens is 1. The lowest BCUT2D eigenvalue weighted by Crippen LogP contribution is -2.69. The molecule has 1 amide bonds. The summed E-state index contributed by atoms with van der Waals surface area (Å²) in [5, 5.41) is 33.8. The number of aryl methyl sites for hydroxylation is 1. The summed E-state index contributed by atoms with van der Waals surface area (Å²) in [6.07, 6.45) is 3.57. The molecule has 4 bridgehead atoms. The average molecular weight is 919 g/mol. The van der Waals surface area contributed by atoms with E-state index in [9.17, 15) is 29.5 Å². The van der Waals surface area contributed by atoms with Gasteiger partial charge in [0.15, 0.2) is 40.0 Å². The summed E-state index contributed by atoms with van der Waals surface area (Å²) in [5.74, 6) is -1.27. The largest absolute Gasteiger partial charge is 0.504 e. The van der Waals surface area contributed by atoms with E-state index in [1.807, 2.05) is 20.0 Å². The van der Waals surface area contributed by atoms with Crippen LogP contribution >= 0.6 is 11.8 Å². The average Bonchev–Trinajstić information content (AvgIpc) is 3.79. The van der Waals surface area contributed by atoms with Crippen LogP contribution in [-0.2, 0) is 37.5 Å². The first-order valence-electron chi connectivity index (χ1n) is 21.6. The maximum absolute atomic E-state index is 15.6. The molecule has 66 heavy (non-hydrogen) atoms. The highest BCUT2D eigenvalue weighted by Gasteiger charge is 2.63. The molecule has 7 aliphatic heterocycles. The number of amides is 1. The molecule has 7 atom stereocenters. The first kappa shape index (κ1) is 43.4. The Kier molecular flexibility index (Phi) is 10.6. The van der Waals surface area contributed by atoms with Crippen LogP contribution in [0.3, 0.4) is 0 Å². The van der Waals surface area contributed by atoms with E-state index in [1.165, 1.54) is 68.1 Å². The van der Waals surface area contributed by atoms with E-state index in [2.05, 4.69) is 15.9 Å². The predicted molar refractivity (Wildman–Crippen MR) is 237 cm³/mol. The lowest BCUT2D eigenvalue weighted by atomic mass is 9.71. The topological polar surface area (TPSA) is 181 Å². The predicted octanol–water partition coefficient (Wildman–Crippen LogP) is 6.08. The molecule has 7 aliphatic rings. The van der Waals surface area contributed by atoms with Crippen molar-refractivity contribution in [2.75, 3.05) is 47.0 Å². The lowest BCUT2D eigenvalue weighted by Gasteiger charge is -2.62. The van der Waals surface area contributed by atoms with Crippen molar-refractivity contribution in [2.24, 2.45) is 0 Å². The van der Waals surface area contributed by atoms with Crippen LogP contribution in [0.25, 0.3) is 6.08 Å². The number of nitrogens with zero attached hydrogens (tertiary/aromatic N) is 4. The Labute approximate surface area is 384 Å². The summed E-state index contributed by atoms with van der Waals surface area (Å²) in [5.41, 5.74) is 3.52. The molecule has 11 rings (SSSR count). The van der Waals surface area contributed by atoms with E-state index in [0.717, 1.165) is 11.1 Å². The molecule has 4 aromatic rings. The highest BCUT2D eigenvalue weighted by molar-refractivity contribution is 7.99. The van der Waals surface area contributed by atoms with Gasteiger partial charge < -0.3 is 43.5 Å². The SMILES string of the molecule is COc1cc2c(cc1O)CCN(C(=O)/C=C/c1ccc(F)cc1)[C@]21CS[C@@H]2c3c(OC(C)=O)c(C)c4c(c3[C@H](COC1=O)N1[C@@H]2[C@@H]2c3c(cc(C)c(OC)c3O)C[C@@H]([C@@H]1C#N)N2C)OCO4. The first-order valence-corrected chi connectivity index (χ1v) is 22.7. The summed E-state index contributed by atoms with van der Waals surface area (Å²) >= 11 is 1.32. The van der Waals surface area contributed by atoms with Crippen molar-refractivity contribution < 1.29 is 57.4 Å². The Balaban J connectivity index is 1.24. The molecule has 0 aromatic heterocycles. The number of thioether (sulfide) groups is 1. The number of piperazine rings is 1. The number of fused-ring (bicyclic) bond motifs is 9. The number of nitriles is 1. The third-order valence-corrected chi connectivity index (χ3v) is 15.7. The number of aromatic hydroxyl groups is 2. The Morgan fingerprint density at radius 3 is 2.47 bits per heavy atom. The maximum Gasteiger partial charge on any atom is 0.337 e. The molecule has 17 heteroatoms. The van der Waals surface area contributed by atoms with Gasteiger partial charge in [0.1, 0.15) is 24.2 Å². The van der Waals surface area contributed by atoms with Gasteiger partial charge in [0.05, 0.1) is 37.6 Å². The third-order valence-electron chi connectivity index (χ3n) is 14.2. The van der Waals surface area contributed by atoms with E-state index >= 15 is 4.79 Å². The zero-order valence-corrected chi connectivity index (χ0v) is 37.9. The number of methoxy groups -OCH3 is 2. The standard InChI is InChI=1S/C49H47FN4O11S/c1-23-15-28-16-31-32(19-51)54-33-20-62-48(59)49(30-18-35(60-5)34(56)17-27(30)13-14-53(49)36(57)12-9-26-7-10-29(50)11-8-26)21-66-47(41(54)40(52(31)4)37(28)42(58)43(23)61-6)39-38(33)46-45(63-22-64-46)24(2)44(39)65-25(3)55/h7-12,15,17-18,31-33,40-41,47,56,58H,13-14,16,20-22H2,1-6H3/b12-9+/t31-,32-,33-,40-,41+,47+,49+/m0/s1. The van der Waals surface area contributed by atoms with Crippen LogP contribution in [0.15, 0.2) is 48.5 Å². The van der Waals surface area contributed by atoms with Gasteiger partial charge in [0, 0.05) is 59.6 Å². The summed E-state index contributed by atoms with van der Waals surface area (Å²) in [4.78, 5) is 49.2. The molecule has 0 radical (unpaired) electrons. The van der Waals surface area contributed by atoms with Gasteiger partial charge in [-0.1, -0.05) is 18.2 Å². The molecule has 342 valence electrons. The number of carbonyl (C=O) groups is 3. The van der Waals surface area contributed by atoms with Crippen LogP contribution in [-0.4, -0.2) is 108 Å². The zero-order valence-electron chi connectivity index (χ0n) is 37.0. The van der Waals surface area contributed by atoms with Gasteiger partial charge in [-0.2, -0.15) is 5.26 Å². The van der Waals surface area contributed by atoms with Gasteiger partial charge in [-0.15, -0.1) is 11.8 Å². The monoisotopic (exact) mass is 918 g/mol. The highest BCUT2D eigenvalue weighted by atomic mass is 32.2. The summed E-state index contributed by atoms with van der Waals surface area (Å²) in [7, 11) is 4.84. The Hall–Kier alpha value is -6.48. The third kappa shape index (κ3) is 6.32. The molecule has 4 aromatic carbocycles. The van der Waals surface area contributed by atoms with E-state index in [0.29, 0.717) is 62.6 Å². The second kappa shape index (κ2) is 16.1. The second-order valence-corrected chi connectivity index (χ2v) is 18.6. The quantitative estimate of drug-likeness (QED) is 0.134. The minimum absolute atomic E-state index is 0.0286. The fourth-order valence-corrected chi connectivity index (χ4v) is 13.2. The molecular formula is C49H47FN4O11S. The van der Waals surface area contributed by atoms with E-state index < -0.39 is 58.6 Å². The molecule has 1 spiro atoms. The van der Waals surface area contributed by atoms with E-state index in [1.54, 1.807) is 25.1 Å². The number of likely N-dealkylation sites (N-methyl/N-ethyl adjacent to an activating group) is 1. The minimum atomic E-state index is -1.86. The van der Waals surface area contributed by atoms with Crippen LogP contribution < -0.4 is 23.7 Å². The minimum Gasteiger partial charge on any atom is -0.504 e. The molecule has 2 saturated heterocycles. The fourth-order valence-electron chi connectivity index (χ4n) is 11.4. The van der Waals surface area contributed by atoms with Gasteiger partial charge in [0.2, 0.25) is 12.7 Å². The smallest absolute Gasteiger partial charge is 0.337 e. The van der Waals surface area contributed by atoms with Crippen molar-refractivity contribution in [2.45, 2.75) is 74.6 Å². The number of ether oxygens (including phenoxy) is 6. The summed E-state index contributed by atoms with van der Waals surface area (Å²) in [6, 6.07) is 9.98. The first-order chi connectivity index (χ1) is 31.7. The Bertz CT molecular complexity index is 2810. The highest BCUT2D eigenvalue weighted by Crippen LogP contribution is 2.65. The van der Waals surface area contributed by atoms with Crippen molar-refractivity contribution in [3.05, 3.63) is 104 Å². The van der Waals surface area contributed by atoms with Crippen molar-refractivity contribution in [3.8, 4) is 46.3 Å². The molecule has 15 nitrogen and oxygen atoms in total. The molecule has 2 fully saturated rings. The molecule has 0 unspecified atom stereocenters. The van der Waals surface area contributed by atoms with E-state index in [-0.39, 0.29) is 61.2 Å². The summed E-state index contributed by atoms with van der Waals surface area (Å²) in [6.45, 7) is 4.51. The number of phenols is 2. The number of rotatable bonds is 5. The van der Waals surface area contributed by atoms with Crippen LogP contribution in [0.2, 0.25) is 0 Å². The second-order valence-electron chi connectivity index (χ2n) is 17.5. The van der Waals surface area contributed by atoms with Crippen molar-refractivity contribution in [3.63, 3.8) is 0 Å². The zero-order chi connectivity index (χ0) is 46.5. The van der Waals surface area contributed by atoms with Gasteiger partial charge in [-0.3, -0.25) is 19.4 Å². The lowest BCUT2D eigenvalue weighted by molar-refractivity contribution is -0.167. The number of hydrogen-bond donors (Lipinski definition) is 2. The van der Waals surface area contributed by atoms with Gasteiger partial charge in [-0.05, 0) is 91.9 Å². The van der Waals surface area contributed by atoms with Gasteiger partial charge >= 0.3 is 11.9 Å². The number of benzene rings is 4. The van der Waals surface area contributed by atoms with Crippen LogP contribution in [0, 0.1) is 31.0 Å². The number of phenolic OH excluding ortho intramolecular Hbond substituents is 2. The molecule has 7 heterocycles. The van der Waals surface area contributed by atoms with Gasteiger partial charge in [0.25, 0.3) is 0 Å². The number of carbonyl (C=O) groups excluding carboxylic acids is 3. The number of hydrogen-bond acceptors (Lipinski definition) is 15. The van der Waals surface area contributed by atoms with Crippen LogP contribution in [0.5, 0.6) is 40.2 Å². The van der Waals surface area contributed by atoms with Crippen molar-refractivity contribution in [1.82, 2.24) is 14.7 Å². The maximum atomic E-state index is 15.6. The van der Waals surface area contributed by atoms with Crippen LogP contribution in [0.1, 0.15) is 74.3 Å². The molecule has 2 N–H and O–H groups in total. The Morgan fingerprint density at radius 1 is 1.00 bits per heavy atom. The molecule has 0 aliphatic carbocycles. The van der Waals surface area contributed by atoms with Crippen LogP contribution in [0.4, 0.5) is 4.39 Å². The van der Waals surface area contributed by atoms with Crippen molar-refractivity contribution in [1.29, 1.82) is 5.26 Å². The Morgan fingerprint density at radius 2 is 1.76 bits per heavy atom.